The van der Waals surface area contributed by atoms with Gasteiger partial charge < -0.3 is 19.3 Å². The molecule has 2 aromatic rings. The number of methoxy groups -OCH3 is 1. The van der Waals surface area contributed by atoms with E-state index < -0.39 is 0 Å². The van der Waals surface area contributed by atoms with E-state index in [1.807, 2.05) is 0 Å². The van der Waals surface area contributed by atoms with Crippen LogP contribution >= 0.6 is 0 Å². The van der Waals surface area contributed by atoms with E-state index in [0.717, 1.165) is 18.7 Å². The topological polar surface area (TPSA) is 76.8 Å². The number of rotatable bonds is 7. The molecule has 1 aliphatic rings. The van der Waals surface area contributed by atoms with Gasteiger partial charge >= 0.3 is 0 Å². The average molecular weight is 363 g/mol. The van der Waals surface area contributed by atoms with Crippen molar-refractivity contribution in [1.82, 2.24) is 15.4 Å². The van der Waals surface area contributed by atoms with E-state index in [0.29, 0.717) is 25.5 Å². The Kier molecular flexibility index (Phi) is 6.32. The zero-order chi connectivity index (χ0) is 18.4. The zero-order valence-corrected chi connectivity index (χ0v) is 14.6. The molecule has 1 amide bonds. The number of hydrogen-bond acceptors (Lipinski definition) is 6. The number of morpholine rings is 1. The molecule has 1 N–H and O–H groups in total. The highest BCUT2D eigenvalue weighted by Gasteiger charge is 2.24. The average Bonchev–Trinajstić information content (AvgIpc) is 3.13. The van der Waals surface area contributed by atoms with Crippen LogP contribution in [-0.4, -0.2) is 55.9 Å². The van der Waals surface area contributed by atoms with Crippen LogP contribution in [0.4, 0.5) is 4.39 Å². The van der Waals surface area contributed by atoms with Gasteiger partial charge in [-0.15, -0.1) is 0 Å². The SMILES string of the molecule is COCc1cc(C(=O)NCC(c2ccc(F)cc2)N2CCOCC2)no1. The van der Waals surface area contributed by atoms with Crippen molar-refractivity contribution < 1.29 is 23.2 Å². The third-order valence-electron chi connectivity index (χ3n) is 4.28. The first-order chi connectivity index (χ1) is 12.7. The lowest BCUT2D eigenvalue weighted by Crippen LogP contribution is -2.43. The van der Waals surface area contributed by atoms with Gasteiger partial charge in [0.25, 0.3) is 5.91 Å². The summed E-state index contributed by atoms with van der Waals surface area (Å²) in [5.41, 5.74) is 1.14. The maximum absolute atomic E-state index is 13.3. The number of carbonyl (C=O) groups is 1. The molecule has 1 aromatic carbocycles. The maximum atomic E-state index is 13.3. The summed E-state index contributed by atoms with van der Waals surface area (Å²) in [6.45, 7) is 3.40. The van der Waals surface area contributed by atoms with Crippen LogP contribution in [0.1, 0.15) is 27.9 Å². The lowest BCUT2D eigenvalue weighted by atomic mass is 10.0. The van der Waals surface area contributed by atoms with Gasteiger partial charge in [0.05, 0.1) is 19.3 Å². The molecular weight excluding hydrogens is 341 g/mol. The molecule has 1 saturated heterocycles. The Balaban J connectivity index is 1.68. The lowest BCUT2D eigenvalue weighted by molar-refractivity contribution is 0.0162. The van der Waals surface area contributed by atoms with E-state index in [1.165, 1.54) is 19.2 Å². The Morgan fingerprint density at radius 1 is 1.35 bits per heavy atom. The highest BCUT2D eigenvalue weighted by Crippen LogP contribution is 2.22. The Labute approximate surface area is 151 Å². The fourth-order valence-corrected chi connectivity index (χ4v) is 2.94. The quantitative estimate of drug-likeness (QED) is 0.808. The Morgan fingerprint density at radius 3 is 2.77 bits per heavy atom. The second-order valence-corrected chi connectivity index (χ2v) is 6.04. The van der Waals surface area contributed by atoms with Crippen molar-refractivity contribution in [2.45, 2.75) is 12.6 Å². The molecule has 1 fully saturated rings. The number of nitrogens with zero attached hydrogens (tertiary/aromatic N) is 2. The van der Waals surface area contributed by atoms with E-state index in [-0.39, 0.29) is 30.1 Å². The number of ether oxygens (including phenoxy) is 2. The molecule has 3 rings (SSSR count). The molecule has 2 heterocycles. The Hall–Kier alpha value is -2.29. The number of carbonyl (C=O) groups excluding carboxylic acids is 1. The van der Waals surface area contributed by atoms with Crippen LogP contribution in [0.15, 0.2) is 34.9 Å². The highest BCUT2D eigenvalue weighted by atomic mass is 19.1. The second kappa shape index (κ2) is 8.88. The molecule has 1 atom stereocenters. The first-order valence-corrected chi connectivity index (χ1v) is 8.47. The van der Waals surface area contributed by atoms with Crippen LogP contribution in [0.3, 0.4) is 0 Å². The number of halogens is 1. The van der Waals surface area contributed by atoms with E-state index in [9.17, 15) is 9.18 Å². The molecule has 140 valence electrons. The third kappa shape index (κ3) is 4.66. The summed E-state index contributed by atoms with van der Waals surface area (Å²) >= 11 is 0. The van der Waals surface area contributed by atoms with Crippen LogP contribution in [0, 0.1) is 5.82 Å². The van der Waals surface area contributed by atoms with Crippen molar-refractivity contribution in [2.24, 2.45) is 0 Å². The molecule has 1 aromatic heterocycles. The summed E-state index contributed by atoms with van der Waals surface area (Å²) in [7, 11) is 1.54. The second-order valence-electron chi connectivity index (χ2n) is 6.04. The minimum atomic E-state index is -0.323. The van der Waals surface area contributed by atoms with E-state index in [1.54, 1.807) is 18.2 Å². The molecule has 26 heavy (non-hydrogen) atoms. The first-order valence-electron chi connectivity index (χ1n) is 8.47. The number of nitrogens with one attached hydrogen (secondary N) is 1. The number of hydrogen-bond donors (Lipinski definition) is 1. The van der Waals surface area contributed by atoms with Gasteiger partial charge in [-0.1, -0.05) is 17.3 Å². The van der Waals surface area contributed by atoms with Gasteiger partial charge in [-0.2, -0.15) is 0 Å². The van der Waals surface area contributed by atoms with Crippen LogP contribution in [0.25, 0.3) is 0 Å². The Bertz CT molecular complexity index is 713. The third-order valence-corrected chi connectivity index (χ3v) is 4.28. The van der Waals surface area contributed by atoms with Gasteiger partial charge in [-0.25, -0.2) is 4.39 Å². The van der Waals surface area contributed by atoms with Gasteiger partial charge in [0.2, 0.25) is 0 Å². The van der Waals surface area contributed by atoms with Crippen LogP contribution in [-0.2, 0) is 16.1 Å². The number of aromatic nitrogens is 1. The largest absolute Gasteiger partial charge is 0.379 e. The first kappa shape index (κ1) is 18.5. The van der Waals surface area contributed by atoms with Crippen molar-refractivity contribution in [3.8, 4) is 0 Å². The molecule has 0 radical (unpaired) electrons. The smallest absolute Gasteiger partial charge is 0.273 e. The van der Waals surface area contributed by atoms with E-state index >= 15 is 0 Å². The summed E-state index contributed by atoms with van der Waals surface area (Å²) in [4.78, 5) is 14.6. The van der Waals surface area contributed by atoms with Gasteiger partial charge in [-0.3, -0.25) is 9.69 Å². The minimum Gasteiger partial charge on any atom is -0.379 e. The highest BCUT2D eigenvalue weighted by molar-refractivity contribution is 5.92. The number of benzene rings is 1. The zero-order valence-electron chi connectivity index (χ0n) is 14.6. The fraction of sp³-hybridized carbons (Fsp3) is 0.444. The van der Waals surface area contributed by atoms with Crippen molar-refractivity contribution in [1.29, 1.82) is 0 Å². The molecule has 0 saturated carbocycles. The van der Waals surface area contributed by atoms with E-state index in [2.05, 4.69) is 15.4 Å². The molecule has 1 aliphatic heterocycles. The predicted octanol–water partition coefficient (Wildman–Crippen LogP) is 1.76. The minimum absolute atomic E-state index is 0.0752. The summed E-state index contributed by atoms with van der Waals surface area (Å²) in [6.07, 6.45) is 0. The normalized spacial score (nSPS) is 16.4. The van der Waals surface area contributed by atoms with Crippen molar-refractivity contribution in [3.05, 3.63) is 53.2 Å². The lowest BCUT2D eigenvalue weighted by Gasteiger charge is -2.34. The summed E-state index contributed by atoms with van der Waals surface area (Å²) in [5, 5.41) is 6.65. The summed E-state index contributed by atoms with van der Waals surface area (Å²) in [6, 6.07) is 7.83. The van der Waals surface area contributed by atoms with Gasteiger partial charge in [-0.05, 0) is 17.7 Å². The molecule has 7 nitrogen and oxygen atoms in total. The molecular formula is C18H22FN3O4. The van der Waals surface area contributed by atoms with Crippen molar-refractivity contribution in [2.75, 3.05) is 40.0 Å². The fourth-order valence-electron chi connectivity index (χ4n) is 2.94. The van der Waals surface area contributed by atoms with Crippen LogP contribution < -0.4 is 5.32 Å². The molecule has 0 spiro atoms. The van der Waals surface area contributed by atoms with Crippen LogP contribution in [0.2, 0.25) is 0 Å². The monoisotopic (exact) mass is 363 g/mol. The Morgan fingerprint density at radius 2 is 2.08 bits per heavy atom. The molecule has 1 unspecified atom stereocenters. The predicted molar refractivity (Wildman–Crippen MR) is 91.1 cm³/mol. The molecule has 0 bridgehead atoms. The number of amides is 1. The van der Waals surface area contributed by atoms with Gasteiger partial charge in [0, 0.05) is 32.8 Å². The van der Waals surface area contributed by atoms with Crippen LogP contribution in [0.5, 0.6) is 0 Å². The summed E-state index contributed by atoms with van der Waals surface area (Å²) < 4.78 is 28.7. The van der Waals surface area contributed by atoms with Crippen molar-refractivity contribution in [3.63, 3.8) is 0 Å². The van der Waals surface area contributed by atoms with Crippen molar-refractivity contribution >= 4 is 5.91 Å². The summed E-state index contributed by atoms with van der Waals surface area (Å²) in [5.74, 6) is -0.121. The van der Waals surface area contributed by atoms with E-state index in [4.69, 9.17) is 14.0 Å². The van der Waals surface area contributed by atoms with Gasteiger partial charge in [0.15, 0.2) is 11.5 Å². The molecule has 0 aliphatic carbocycles. The maximum Gasteiger partial charge on any atom is 0.273 e. The molecule has 8 heteroatoms. The standard InChI is InChI=1S/C18H22FN3O4/c1-24-12-15-10-16(21-26-15)18(23)20-11-17(22-6-8-25-9-7-22)13-2-4-14(19)5-3-13/h2-5,10,17H,6-9,11-12H2,1H3,(H,20,23). The van der Waals surface area contributed by atoms with Gasteiger partial charge in [0.1, 0.15) is 12.4 Å².